The van der Waals surface area contributed by atoms with Gasteiger partial charge in [-0.05, 0) is 42.8 Å². The quantitative estimate of drug-likeness (QED) is 0.384. The van der Waals surface area contributed by atoms with Gasteiger partial charge in [0.25, 0.3) is 0 Å². The maximum Gasteiger partial charge on any atom is 0.234 e. The summed E-state index contributed by atoms with van der Waals surface area (Å²) < 4.78 is 7.65. The molecule has 0 aliphatic heterocycles. The fourth-order valence-corrected chi connectivity index (χ4v) is 5.73. The van der Waals surface area contributed by atoms with Crippen molar-refractivity contribution >= 4 is 46.3 Å². The number of methoxy groups -OCH3 is 1. The van der Waals surface area contributed by atoms with E-state index in [1.165, 1.54) is 35.9 Å². The molecule has 6 nitrogen and oxygen atoms in total. The predicted octanol–water partition coefficient (Wildman–Crippen LogP) is 6.14. The molecule has 1 N–H and O–H groups in total. The Morgan fingerprint density at radius 2 is 2.12 bits per heavy atom. The molecule has 32 heavy (non-hydrogen) atoms. The van der Waals surface area contributed by atoms with E-state index < -0.39 is 0 Å². The number of aromatic nitrogens is 3. The fourth-order valence-electron chi connectivity index (χ4n) is 4.05. The Balaban J connectivity index is 1.48. The molecule has 0 atom stereocenters. The summed E-state index contributed by atoms with van der Waals surface area (Å²) in [5.41, 5.74) is 1.50. The molecule has 4 rings (SSSR count). The van der Waals surface area contributed by atoms with Gasteiger partial charge in [0.05, 0.1) is 18.6 Å². The molecule has 0 unspecified atom stereocenters. The second kappa shape index (κ2) is 10.7. The van der Waals surface area contributed by atoms with Gasteiger partial charge in [-0.25, -0.2) is 0 Å². The third kappa shape index (κ3) is 5.47. The van der Waals surface area contributed by atoms with E-state index in [2.05, 4.69) is 37.6 Å². The van der Waals surface area contributed by atoms with Gasteiger partial charge in [-0.2, -0.15) is 0 Å². The Kier molecular flexibility index (Phi) is 7.75. The molecule has 9 heteroatoms. The fraction of sp³-hybridized carbons (Fsp3) is 0.435. The first-order valence-corrected chi connectivity index (χ1v) is 13.0. The van der Waals surface area contributed by atoms with E-state index >= 15 is 0 Å². The monoisotopic (exact) mass is 490 g/mol. The highest BCUT2D eigenvalue weighted by Crippen LogP contribution is 2.34. The maximum absolute atomic E-state index is 12.7. The predicted molar refractivity (Wildman–Crippen MR) is 131 cm³/mol. The van der Waals surface area contributed by atoms with E-state index in [0.29, 0.717) is 22.5 Å². The minimum absolute atomic E-state index is 0.118. The van der Waals surface area contributed by atoms with Crippen LogP contribution in [0, 0.1) is 6.92 Å². The molecule has 1 aromatic carbocycles. The van der Waals surface area contributed by atoms with Crippen LogP contribution in [0.1, 0.15) is 54.4 Å². The summed E-state index contributed by atoms with van der Waals surface area (Å²) >= 11 is 9.34. The van der Waals surface area contributed by atoms with E-state index in [4.69, 9.17) is 16.3 Å². The van der Waals surface area contributed by atoms with Crippen molar-refractivity contribution in [3.05, 3.63) is 50.9 Å². The average Bonchev–Trinajstić information content (AvgIpc) is 3.45. The zero-order chi connectivity index (χ0) is 22.5. The summed E-state index contributed by atoms with van der Waals surface area (Å²) in [4.78, 5) is 14.0. The van der Waals surface area contributed by atoms with Gasteiger partial charge in [0.2, 0.25) is 5.91 Å². The highest BCUT2D eigenvalue weighted by molar-refractivity contribution is 7.99. The Labute approximate surface area is 201 Å². The highest BCUT2D eigenvalue weighted by atomic mass is 35.5. The van der Waals surface area contributed by atoms with Crippen LogP contribution in [0.2, 0.25) is 5.02 Å². The Morgan fingerprint density at radius 3 is 2.84 bits per heavy atom. The second-order valence-electron chi connectivity index (χ2n) is 7.96. The smallest absolute Gasteiger partial charge is 0.234 e. The third-order valence-electron chi connectivity index (χ3n) is 5.67. The summed E-state index contributed by atoms with van der Waals surface area (Å²) in [5, 5.41) is 15.4. The van der Waals surface area contributed by atoms with Gasteiger partial charge in [0.1, 0.15) is 11.6 Å². The molecule has 2 aromatic heterocycles. The van der Waals surface area contributed by atoms with Gasteiger partial charge in [-0.3, -0.25) is 4.79 Å². The molecule has 170 valence electrons. The van der Waals surface area contributed by atoms with E-state index in [9.17, 15) is 4.79 Å². The number of ether oxygens (including phenoxy) is 1. The van der Waals surface area contributed by atoms with Crippen LogP contribution < -0.4 is 10.1 Å². The number of rotatable bonds is 8. The topological polar surface area (TPSA) is 69.0 Å². The van der Waals surface area contributed by atoms with Gasteiger partial charge in [-0.15, -0.1) is 21.5 Å². The Morgan fingerprint density at radius 1 is 1.31 bits per heavy atom. The lowest BCUT2D eigenvalue weighted by atomic mass is 9.95. The molecule has 1 aliphatic rings. The van der Waals surface area contributed by atoms with Crippen LogP contribution in [-0.2, 0) is 11.2 Å². The number of hydrogen-bond acceptors (Lipinski definition) is 6. The summed E-state index contributed by atoms with van der Waals surface area (Å²) in [7, 11) is 1.56. The van der Waals surface area contributed by atoms with Gasteiger partial charge >= 0.3 is 0 Å². The normalized spacial score (nSPS) is 14.5. The molecule has 0 spiro atoms. The molecule has 1 amide bonds. The zero-order valence-electron chi connectivity index (χ0n) is 18.3. The first kappa shape index (κ1) is 23.1. The van der Waals surface area contributed by atoms with Crippen molar-refractivity contribution in [1.29, 1.82) is 0 Å². The van der Waals surface area contributed by atoms with Gasteiger partial charge in [0, 0.05) is 28.4 Å². The van der Waals surface area contributed by atoms with Crippen molar-refractivity contribution in [3.63, 3.8) is 0 Å². The van der Waals surface area contributed by atoms with Crippen LogP contribution in [0.15, 0.2) is 34.8 Å². The molecule has 3 aromatic rings. The number of nitrogens with one attached hydrogen (secondary N) is 1. The SMILES string of the molecule is COc1cc(Cl)c(C)cc1NC(=O)CSc1nnc(Cc2cccs2)n1C1CCCCC1. The molecule has 1 aliphatic carbocycles. The summed E-state index contributed by atoms with van der Waals surface area (Å²) in [5.74, 6) is 1.65. The van der Waals surface area contributed by atoms with Crippen molar-refractivity contribution in [2.24, 2.45) is 0 Å². The number of amides is 1. The van der Waals surface area contributed by atoms with Crippen LogP contribution in [0.3, 0.4) is 0 Å². The number of anilines is 1. The molecular formula is C23H27ClN4O2S2. The van der Waals surface area contributed by atoms with Gasteiger partial charge in [0.15, 0.2) is 5.16 Å². The lowest BCUT2D eigenvalue weighted by molar-refractivity contribution is -0.113. The van der Waals surface area contributed by atoms with Crippen molar-refractivity contribution in [1.82, 2.24) is 14.8 Å². The Bertz CT molecular complexity index is 1060. The molecule has 1 fully saturated rings. The van der Waals surface area contributed by atoms with Crippen molar-refractivity contribution in [2.75, 3.05) is 18.2 Å². The van der Waals surface area contributed by atoms with Gasteiger partial charge in [-0.1, -0.05) is 48.7 Å². The van der Waals surface area contributed by atoms with E-state index in [1.54, 1.807) is 24.5 Å². The van der Waals surface area contributed by atoms with Crippen LogP contribution >= 0.6 is 34.7 Å². The minimum atomic E-state index is -0.118. The van der Waals surface area contributed by atoms with E-state index in [0.717, 1.165) is 35.8 Å². The molecule has 0 radical (unpaired) electrons. The summed E-state index contributed by atoms with van der Waals surface area (Å²) in [6.07, 6.45) is 6.78. The zero-order valence-corrected chi connectivity index (χ0v) is 20.7. The molecule has 1 saturated carbocycles. The van der Waals surface area contributed by atoms with Crippen LogP contribution in [0.5, 0.6) is 5.75 Å². The van der Waals surface area contributed by atoms with Crippen molar-refractivity contribution < 1.29 is 9.53 Å². The lowest BCUT2D eigenvalue weighted by Crippen LogP contribution is -2.18. The molecule has 2 heterocycles. The average molecular weight is 491 g/mol. The van der Waals surface area contributed by atoms with E-state index in [-0.39, 0.29) is 11.7 Å². The van der Waals surface area contributed by atoms with E-state index in [1.807, 2.05) is 13.0 Å². The Hall–Kier alpha value is -2.03. The minimum Gasteiger partial charge on any atom is -0.495 e. The number of halogens is 1. The molecular weight excluding hydrogens is 464 g/mol. The highest BCUT2D eigenvalue weighted by Gasteiger charge is 2.24. The second-order valence-corrected chi connectivity index (χ2v) is 10.3. The van der Waals surface area contributed by atoms with Crippen LogP contribution in [0.25, 0.3) is 0 Å². The van der Waals surface area contributed by atoms with Crippen molar-refractivity contribution in [3.8, 4) is 5.75 Å². The molecule has 0 saturated heterocycles. The first-order chi connectivity index (χ1) is 15.5. The number of hydrogen-bond donors (Lipinski definition) is 1. The summed E-state index contributed by atoms with van der Waals surface area (Å²) in [6, 6.07) is 8.14. The lowest BCUT2D eigenvalue weighted by Gasteiger charge is -2.25. The van der Waals surface area contributed by atoms with Crippen molar-refractivity contribution in [2.45, 2.75) is 56.6 Å². The van der Waals surface area contributed by atoms with Crippen LogP contribution in [-0.4, -0.2) is 33.5 Å². The number of nitrogens with zero attached hydrogens (tertiary/aromatic N) is 3. The number of carbonyl (C=O) groups excluding carboxylic acids is 1. The number of benzene rings is 1. The third-order valence-corrected chi connectivity index (χ3v) is 7.90. The van der Waals surface area contributed by atoms with Gasteiger partial charge < -0.3 is 14.6 Å². The largest absolute Gasteiger partial charge is 0.495 e. The number of aryl methyl sites for hydroxylation is 1. The molecule has 0 bridgehead atoms. The number of carbonyl (C=O) groups is 1. The standard InChI is InChI=1S/C23H27ClN4O2S2/c1-15-11-19(20(30-2)13-18(15)24)25-22(29)14-32-23-27-26-21(12-17-9-6-10-31-17)28(23)16-7-4-3-5-8-16/h6,9-11,13,16H,3-5,7-8,12,14H2,1-2H3,(H,25,29). The number of thiophene rings is 1. The maximum atomic E-state index is 12.7. The number of thioether (sulfide) groups is 1. The first-order valence-electron chi connectivity index (χ1n) is 10.8. The summed E-state index contributed by atoms with van der Waals surface area (Å²) in [6.45, 7) is 1.90. The van der Waals surface area contributed by atoms with Crippen LogP contribution in [0.4, 0.5) is 5.69 Å².